The first-order chi connectivity index (χ1) is 10.9. The van der Waals surface area contributed by atoms with Crippen molar-refractivity contribution in [1.82, 2.24) is 15.1 Å². The Kier molecular flexibility index (Phi) is 6.42. The van der Waals surface area contributed by atoms with Crippen molar-refractivity contribution in [2.75, 3.05) is 45.9 Å². The summed E-state index contributed by atoms with van der Waals surface area (Å²) >= 11 is 0. The molecule has 0 spiro atoms. The zero-order valence-corrected chi connectivity index (χ0v) is 14.5. The normalized spacial score (nSPS) is 17.0. The molecule has 5 nitrogen and oxygen atoms in total. The van der Waals surface area contributed by atoms with Crippen molar-refractivity contribution in [1.29, 1.82) is 0 Å². The molecule has 1 aliphatic heterocycles. The number of carbonyl (C=O) groups is 1. The van der Waals surface area contributed by atoms with Crippen LogP contribution >= 0.6 is 0 Å². The minimum Gasteiger partial charge on any atom is -0.492 e. The van der Waals surface area contributed by atoms with Crippen molar-refractivity contribution >= 4 is 5.91 Å². The number of para-hydroxylation sites is 1. The second-order valence-corrected chi connectivity index (χ2v) is 7.08. The third-order valence-electron chi connectivity index (χ3n) is 3.77. The maximum absolute atomic E-state index is 12.0. The number of hydrogen-bond donors (Lipinski definition) is 1. The van der Waals surface area contributed by atoms with Gasteiger partial charge in [0.2, 0.25) is 5.91 Å². The van der Waals surface area contributed by atoms with Crippen LogP contribution < -0.4 is 10.1 Å². The summed E-state index contributed by atoms with van der Waals surface area (Å²) in [5, 5.41) is 3.02. The standard InChI is InChI=1S/C18H29N3O2/c1-18(2,3)19-17(22)15-21-11-9-20(10-12-21)13-14-23-16-7-5-4-6-8-16/h4-8H,9-15H2,1-3H3,(H,19,22). The van der Waals surface area contributed by atoms with E-state index < -0.39 is 0 Å². The molecule has 1 N–H and O–H groups in total. The molecule has 0 atom stereocenters. The quantitative estimate of drug-likeness (QED) is 0.865. The number of ether oxygens (including phenoxy) is 1. The summed E-state index contributed by atoms with van der Waals surface area (Å²) in [6, 6.07) is 9.91. The smallest absolute Gasteiger partial charge is 0.234 e. The Balaban J connectivity index is 1.61. The molecule has 1 saturated heterocycles. The zero-order chi connectivity index (χ0) is 16.7. The molecule has 0 saturated carbocycles. The second-order valence-electron chi connectivity index (χ2n) is 7.08. The first-order valence-electron chi connectivity index (χ1n) is 8.36. The van der Waals surface area contributed by atoms with E-state index >= 15 is 0 Å². The van der Waals surface area contributed by atoms with Crippen molar-refractivity contribution in [3.8, 4) is 5.75 Å². The van der Waals surface area contributed by atoms with Gasteiger partial charge in [-0.15, -0.1) is 0 Å². The SMILES string of the molecule is CC(C)(C)NC(=O)CN1CCN(CCOc2ccccc2)CC1. The fraction of sp³-hybridized carbons (Fsp3) is 0.611. The van der Waals surface area contributed by atoms with Crippen LogP contribution in [-0.2, 0) is 4.79 Å². The molecule has 1 fully saturated rings. The number of rotatable bonds is 6. The minimum atomic E-state index is -0.159. The van der Waals surface area contributed by atoms with Crippen LogP contribution in [0.2, 0.25) is 0 Å². The van der Waals surface area contributed by atoms with E-state index in [1.54, 1.807) is 0 Å². The number of hydrogen-bond acceptors (Lipinski definition) is 4. The summed E-state index contributed by atoms with van der Waals surface area (Å²) in [5.74, 6) is 1.03. The average Bonchev–Trinajstić information content (AvgIpc) is 2.48. The van der Waals surface area contributed by atoms with Crippen LogP contribution in [0.3, 0.4) is 0 Å². The van der Waals surface area contributed by atoms with Gasteiger partial charge in [0.15, 0.2) is 0 Å². The molecular formula is C18H29N3O2. The lowest BCUT2D eigenvalue weighted by Crippen LogP contribution is -2.52. The fourth-order valence-corrected chi connectivity index (χ4v) is 2.64. The van der Waals surface area contributed by atoms with E-state index in [-0.39, 0.29) is 11.4 Å². The van der Waals surface area contributed by atoms with Crippen LogP contribution in [0, 0.1) is 0 Å². The molecule has 1 heterocycles. The summed E-state index contributed by atoms with van der Waals surface area (Å²) in [7, 11) is 0. The van der Waals surface area contributed by atoms with Crippen LogP contribution in [0.5, 0.6) is 5.75 Å². The third-order valence-corrected chi connectivity index (χ3v) is 3.77. The predicted molar refractivity (Wildman–Crippen MR) is 92.7 cm³/mol. The molecule has 1 aliphatic rings. The van der Waals surface area contributed by atoms with E-state index in [9.17, 15) is 4.79 Å². The van der Waals surface area contributed by atoms with Gasteiger partial charge in [-0.1, -0.05) is 18.2 Å². The molecule has 1 aromatic rings. The van der Waals surface area contributed by atoms with Gasteiger partial charge in [-0.05, 0) is 32.9 Å². The van der Waals surface area contributed by atoms with Gasteiger partial charge in [-0.3, -0.25) is 14.6 Å². The molecule has 0 radical (unpaired) electrons. The van der Waals surface area contributed by atoms with E-state index in [0.717, 1.165) is 38.5 Å². The van der Waals surface area contributed by atoms with Crippen LogP contribution in [0.25, 0.3) is 0 Å². The first kappa shape index (κ1) is 17.8. The van der Waals surface area contributed by atoms with Gasteiger partial charge in [-0.25, -0.2) is 0 Å². The molecule has 128 valence electrons. The Hall–Kier alpha value is -1.59. The van der Waals surface area contributed by atoms with E-state index in [1.807, 2.05) is 51.1 Å². The van der Waals surface area contributed by atoms with Crippen molar-refractivity contribution in [2.45, 2.75) is 26.3 Å². The summed E-state index contributed by atoms with van der Waals surface area (Å²) < 4.78 is 5.74. The Morgan fingerprint density at radius 1 is 1.09 bits per heavy atom. The molecule has 5 heteroatoms. The minimum absolute atomic E-state index is 0.110. The maximum Gasteiger partial charge on any atom is 0.234 e. The topological polar surface area (TPSA) is 44.8 Å². The van der Waals surface area contributed by atoms with Gasteiger partial charge in [0, 0.05) is 38.3 Å². The number of piperazine rings is 1. The van der Waals surface area contributed by atoms with Crippen molar-refractivity contribution in [2.24, 2.45) is 0 Å². The van der Waals surface area contributed by atoms with Crippen molar-refractivity contribution in [3.63, 3.8) is 0 Å². The van der Waals surface area contributed by atoms with Crippen LogP contribution in [0.4, 0.5) is 0 Å². The Morgan fingerprint density at radius 3 is 2.30 bits per heavy atom. The van der Waals surface area contributed by atoms with Crippen LogP contribution in [0.1, 0.15) is 20.8 Å². The van der Waals surface area contributed by atoms with E-state index in [1.165, 1.54) is 0 Å². The monoisotopic (exact) mass is 319 g/mol. The van der Waals surface area contributed by atoms with E-state index in [4.69, 9.17) is 4.74 Å². The second kappa shape index (κ2) is 8.31. The number of benzene rings is 1. The highest BCUT2D eigenvalue weighted by Gasteiger charge is 2.20. The number of carbonyl (C=O) groups excluding carboxylic acids is 1. The molecule has 0 aliphatic carbocycles. The first-order valence-corrected chi connectivity index (χ1v) is 8.36. The molecule has 23 heavy (non-hydrogen) atoms. The van der Waals surface area contributed by atoms with E-state index in [0.29, 0.717) is 13.2 Å². The fourth-order valence-electron chi connectivity index (χ4n) is 2.64. The largest absolute Gasteiger partial charge is 0.492 e. The Bertz CT molecular complexity index is 477. The van der Waals surface area contributed by atoms with Crippen LogP contribution in [0.15, 0.2) is 30.3 Å². The molecule has 1 aromatic carbocycles. The van der Waals surface area contributed by atoms with E-state index in [2.05, 4.69) is 15.1 Å². The van der Waals surface area contributed by atoms with Crippen LogP contribution in [-0.4, -0.2) is 67.1 Å². The number of nitrogens with one attached hydrogen (secondary N) is 1. The highest BCUT2D eigenvalue weighted by atomic mass is 16.5. The Labute approximate surface area is 139 Å². The molecule has 1 amide bonds. The lowest BCUT2D eigenvalue weighted by atomic mass is 10.1. The summed E-state index contributed by atoms with van der Waals surface area (Å²) in [6.45, 7) is 12.0. The van der Waals surface area contributed by atoms with Gasteiger partial charge in [0.1, 0.15) is 12.4 Å². The number of amides is 1. The summed E-state index contributed by atoms with van der Waals surface area (Å²) in [4.78, 5) is 16.6. The molecule has 0 unspecified atom stereocenters. The maximum atomic E-state index is 12.0. The van der Waals surface area contributed by atoms with Gasteiger partial charge in [0.25, 0.3) is 0 Å². The highest BCUT2D eigenvalue weighted by molar-refractivity contribution is 5.78. The predicted octanol–water partition coefficient (Wildman–Crippen LogP) is 1.60. The molecular weight excluding hydrogens is 290 g/mol. The van der Waals surface area contributed by atoms with Crippen molar-refractivity contribution in [3.05, 3.63) is 30.3 Å². The summed E-state index contributed by atoms with van der Waals surface area (Å²) in [5.41, 5.74) is -0.159. The third kappa shape index (κ3) is 7.01. The number of nitrogens with zero attached hydrogens (tertiary/aromatic N) is 2. The van der Waals surface area contributed by atoms with Gasteiger partial charge < -0.3 is 10.1 Å². The molecule has 0 bridgehead atoms. The lowest BCUT2D eigenvalue weighted by Gasteiger charge is -2.34. The molecule has 2 rings (SSSR count). The summed E-state index contributed by atoms with van der Waals surface area (Å²) in [6.07, 6.45) is 0. The highest BCUT2D eigenvalue weighted by Crippen LogP contribution is 2.08. The zero-order valence-electron chi connectivity index (χ0n) is 14.5. The lowest BCUT2D eigenvalue weighted by molar-refractivity contribution is -0.124. The van der Waals surface area contributed by atoms with Gasteiger partial charge >= 0.3 is 0 Å². The van der Waals surface area contributed by atoms with Crippen molar-refractivity contribution < 1.29 is 9.53 Å². The Morgan fingerprint density at radius 2 is 1.70 bits per heavy atom. The van der Waals surface area contributed by atoms with Gasteiger partial charge in [0.05, 0.1) is 6.54 Å². The molecule has 0 aromatic heterocycles. The van der Waals surface area contributed by atoms with Gasteiger partial charge in [-0.2, -0.15) is 0 Å². The average molecular weight is 319 g/mol.